The molecule has 2 amide bonds. The molecule has 0 spiro atoms. The van der Waals surface area contributed by atoms with Crippen LogP contribution in [0.4, 0.5) is 14.9 Å². The van der Waals surface area contributed by atoms with Crippen molar-refractivity contribution in [2.75, 3.05) is 30.0 Å². The number of carbonyl (C=O) groups is 2. The lowest BCUT2D eigenvalue weighted by Gasteiger charge is -2.23. The highest BCUT2D eigenvalue weighted by Crippen LogP contribution is 2.33. The molecule has 0 aliphatic carbocycles. The zero-order valence-corrected chi connectivity index (χ0v) is 14.5. The van der Waals surface area contributed by atoms with Crippen LogP contribution in [0.2, 0.25) is 0 Å². The number of cyclic esters (lactones) is 1. The van der Waals surface area contributed by atoms with Gasteiger partial charge in [-0.15, -0.1) is 0 Å². The lowest BCUT2D eigenvalue weighted by atomic mass is 9.93. The first-order chi connectivity index (χ1) is 11.8. The minimum Gasteiger partial charge on any atom is -0.434 e. The average molecular weight is 370 g/mol. The van der Waals surface area contributed by atoms with Crippen molar-refractivity contribution in [2.24, 2.45) is 0 Å². The molecule has 136 valence electrons. The Hall–Kier alpha value is -2.16. The lowest BCUT2D eigenvalue weighted by molar-refractivity contribution is -0.127. The first kappa shape index (κ1) is 17.7. The number of hydrogen-bond donors (Lipinski definition) is 1. The topological polar surface area (TPSA) is 92.8 Å². The molecule has 2 aliphatic rings. The van der Waals surface area contributed by atoms with Crippen LogP contribution in [0, 0.1) is 5.82 Å². The minimum absolute atomic E-state index is 0.0129. The van der Waals surface area contributed by atoms with Crippen molar-refractivity contribution >= 4 is 27.5 Å². The third-order valence-corrected chi connectivity index (χ3v) is 6.36. The van der Waals surface area contributed by atoms with Crippen LogP contribution in [-0.2, 0) is 19.4 Å². The van der Waals surface area contributed by atoms with Crippen LogP contribution in [0.5, 0.6) is 0 Å². The summed E-state index contributed by atoms with van der Waals surface area (Å²) in [6.45, 7) is 0.0129. The molecule has 9 heteroatoms. The number of ether oxygens (including phenoxy) is 1. The van der Waals surface area contributed by atoms with Gasteiger partial charge in [0.15, 0.2) is 6.10 Å². The van der Waals surface area contributed by atoms with Crippen molar-refractivity contribution in [2.45, 2.75) is 24.9 Å². The molecule has 0 aromatic heterocycles. The van der Waals surface area contributed by atoms with Gasteiger partial charge in [0, 0.05) is 7.05 Å². The minimum atomic E-state index is -3.01. The molecular formula is C16H19FN2O5S. The molecular weight excluding hydrogens is 351 g/mol. The Labute approximate surface area is 145 Å². The molecule has 1 unspecified atom stereocenters. The van der Waals surface area contributed by atoms with Crippen molar-refractivity contribution in [3.8, 4) is 0 Å². The number of rotatable bonds is 3. The molecule has 0 saturated carbocycles. The SMILES string of the molecule is CNC(=O)C1CN(c2ccc(C3CCS(=O)(=O)CC3)c(F)c2)C(=O)O1. The summed E-state index contributed by atoms with van der Waals surface area (Å²) in [4.78, 5) is 24.7. The van der Waals surface area contributed by atoms with Crippen molar-refractivity contribution in [1.82, 2.24) is 5.32 Å². The number of carbonyl (C=O) groups excluding carboxylic acids is 2. The summed E-state index contributed by atoms with van der Waals surface area (Å²) in [5.41, 5.74) is 0.759. The first-order valence-electron chi connectivity index (χ1n) is 8.00. The summed E-state index contributed by atoms with van der Waals surface area (Å²) in [6, 6.07) is 4.40. The molecule has 2 aliphatic heterocycles. The molecule has 3 rings (SSSR count). The van der Waals surface area contributed by atoms with Gasteiger partial charge in [-0.25, -0.2) is 17.6 Å². The van der Waals surface area contributed by atoms with Gasteiger partial charge in [0.05, 0.1) is 23.7 Å². The number of likely N-dealkylation sites (N-methyl/N-ethyl adjacent to an activating group) is 1. The molecule has 25 heavy (non-hydrogen) atoms. The Morgan fingerprint density at radius 3 is 2.60 bits per heavy atom. The van der Waals surface area contributed by atoms with Crippen LogP contribution in [0.15, 0.2) is 18.2 Å². The van der Waals surface area contributed by atoms with E-state index in [1.54, 1.807) is 12.1 Å². The first-order valence-corrected chi connectivity index (χ1v) is 9.82. The van der Waals surface area contributed by atoms with Gasteiger partial charge in [-0.2, -0.15) is 0 Å². The van der Waals surface area contributed by atoms with E-state index >= 15 is 0 Å². The highest BCUT2D eigenvalue weighted by atomic mass is 32.2. The largest absolute Gasteiger partial charge is 0.434 e. The summed E-state index contributed by atoms with van der Waals surface area (Å²) in [5.74, 6) is -0.938. The average Bonchev–Trinajstić information content (AvgIpc) is 2.96. The van der Waals surface area contributed by atoms with E-state index in [9.17, 15) is 22.4 Å². The van der Waals surface area contributed by atoms with Gasteiger partial charge in [0.2, 0.25) is 0 Å². The van der Waals surface area contributed by atoms with Crippen LogP contribution < -0.4 is 10.2 Å². The van der Waals surface area contributed by atoms with E-state index < -0.39 is 33.8 Å². The van der Waals surface area contributed by atoms with Crippen molar-refractivity contribution < 1.29 is 27.1 Å². The van der Waals surface area contributed by atoms with Gasteiger partial charge >= 0.3 is 6.09 Å². The third kappa shape index (κ3) is 3.60. The molecule has 1 atom stereocenters. The Bertz CT molecular complexity index is 797. The van der Waals surface area contributed by atoms with Crippen LogP contribution >= 0.6 is 0 Å². The smallest absolute Gasteiger partial charge is 0.415 e. The van der Waals surface area contributed by atoms with Crippen LogP contribution in [0.3, 0.4) is 0 Å². The number of amides is 2. The highest BCUT2D eigenvalue weighted by molar-refractivity contribution is 7.91. The van der Waals surface area contributed by atoms with Gasteiger partial charge in [0.25, 0.3) is 5.91 Å². The zero-order chi connectivity index (χ0) is 18.2. The number of hydrogen-bond acceptors (Lipinski definition) is 5. The van der Waals surface area contributed by atoms with Crippen LogP contribution in [0.25, 0.3) is 0 Å². The summed E-state index contributed by atoms with van der Waals surface area (Å²) >= 11 is 0. The second-order valence-electron chi connectivity index (χ2n) is 6.23. The van der Waals surface area contributed by atoms with Crippen LogP contribution in [-0.4, -0.2) is 51.6 Å². The zero-order valence-electron chi connectivity index (χ0n) is 13.7. The van der Waals surface area contributed by atoms with E-state index in [0.29, 0.717) is 24.1 Å². The molecule has 2 saturated heterocycles. The molecule has 2 heterocycles. The normalized spacial score (nSPS) is 23.4. The number of nitrogens with zero attached hydrogens (tertiary/aromatic N) is 1. The Kier molecular flexibility index (Phi) is 4.68. The van der Waals surface area contributed by atoms with E-state index in [2.05, 4.69) is 5.32 Å². The summed E-state index contributed by atoms with van der Waals surface area (Å²) in [5, 5.41) is 2.40. The molecule has 1 N–H and O–H groups in total. The third-order valence-electron chi connectivity index (χ3n) is 4.64. The van der Waals surface area contributed by atoms with E-state index in [0.717, 1.165) is 0 Å². The summed E-state index contributed by atoms with van der Waals surface area (Å²) < 4.78 is 42.5. The number of sulfone groups is 1. The van der Waals surface area contributed by atoms with Crippen LogP contribution in [0.1, 0.15) is 24.3 Å². The predicted octanol–water partition coefficient (Wildman–Crippen LogP) is 1.19. The van der Waals surface area contributed by atoms with Gasteiger partial charge < -0.3 is 10.1 Å². The number of anilines is 1. The molecule has 2 fully saturated rings. The maximum Gasteiger partial charge on any atom is 0.415 e. The Balaban J connectivity index is 1.76. The number of benzene rings is 1. The Morgan fingerprint density at radius 1 is 1.32 bits per heavy atom. The molecule has 0 radical (unpaired) electrons. The van der Waals surface area contributed by atoms with Gasteiger partial charge in [-0.3, -0.25) is 9.69 Å². The fourth-order valence-electron chi connectivity index (χ4n) is 3.19. The van der Waals surface area contributed by atoms with Gasteiger partial charge in [-0.05, 0) is 36.5 Å². The predicted molar refractivity (Wildman–Crippen MR) is 88.7 cm³/mol. The van der Waals surface area contributed by atoms with Gasteiger partial charge in [-0.1, -0.05) is 6.07 Å². The molecule has 0 bridgehead atoms. The molecule has 7 nitrogen and oxygen atoms in total. The highest BCUT2D eigenvalue weighted by Gasteiger charge is 2.37. The maximum atomic E-state index is 14.5. The molecule has 1 aromatic carbocycles. The van der Waals surface area contributed by atoms with E-state index in [-0.39, 0.29) is 24.0 Å². The lowest BCUT2D eigenvalue weighted by Crippen LogP contribution is -2.35. The Morgan fingerprint density at radius 2 is 2.00 bits per heavy atom. The monoisotopic (exact) mass is 370 g/mol. The number of halogens is 1. The van der Waals surface area contributed by atoms with Crippen molar-refractivity contribution in [1.29, 1.82) is 0 Å². The second kappa shape index (κ2) is 6.62. The van der Waals surface area contributed by atoms with Gasteiger partial charge in [0.1, 0.15) is 15.7 Å². The van der Waals surface area contributed by atoms with E-state index in [4.69, 9.17) is 4.74 Å². The fourth-order valence-corrected chi connectivity index (χ4v) is 4.68. The van der Waals surface area contributed by atoms with Crippen molar-refractivity contribution in [3.05, 3.63) is 29.6 Å². The number of nitrogens with one attached hydrogen (secondary N) is 1. The maximum absolute atomic E-state index is 14.5. The summed E-state index contributed by atoms with van der Waals surface area (Å²) in [6.07, 6.45) is -0.847. The second-order valence-corrected chi connectivity index (χ2v) is 8.53. The standard InChI is InChI=1S/C16H19FN2O5S/c1-18-15(20)14-9-19(16(21)24-14)11-2-3-12(13(17)8-11)10-4-6-25(22,23)7-5-10/h2-3,8,10,14H,4-7,9H2,1H3,(H,18,20). The van der Waals surface area contributed by atoms with Crippen molar-refractivity contribution in [3.63, 3.8) is 0 Å². The van der Waals surface area contributed by atoms with E-state index in [1.165, 1.54) is 18.0 Å². The summed E-state index contributed by atoms with van der Waals surface area (Å²) in [7, 11) is -1.57. The quantitative estimate of drug-likeness (QED) is 0.863. The fraction of sp³-hybridized carbons (Fsp3) is 0.500. The molecule has 1 aromatic rings. The van der Waals surface area contributed by atoms with E-state index in [1.807, 2.05) is 0 Å².